The Bertz CT molecular complexity index is 366. The van der Waals surface area contributed by atoms with Crippen molar-refractivity contribution >= 4 is 5.82 Å². The van der Waals surface area contributed by atoms with Gasteiger partial charge < -0.3 is 10.6 Å². The second-order valence-corrected chi connectivity index (χ2v) is 6.18. The van der Waals surface area contributed by atoms with E-state index >= 15 is 0 Å². The van der Waals surface area contributed by atoms with Gasteiger partial charge >= 0.3 is 0 Å². The van der Waals surface area contributed by atoms with Gasteiger partial charge in [-0.2, -0.15) is 5.10 Å². The maximum atomic E-state index is 5.63. The Labute approximate surface area is 117 Å². The minimum atomic E-state index is 0.620. The molecule has 0 saturated heterocycles. The quantitative estimate of drug-likeness (QED) is 0.823. The van der Waals surface area contributed by atoms with Crippen molar-refractivity contribution in [3.63, 3.8) is 0 Å². The van der Waals surface area contributed by atoms with E-state index in [1.807, 2.05) is 16.9 Å². The summed E-state index contributed by atoms with van der Waals surface area (Å²) >= 11 is 0. The fourth-order valence-corrected chi connectivity index (χ4v) is 3.10. The van der Waals surface area contributed by atoms with Crippen LogP contribution in [0.3, 0.4) is 0 Å². The molecule has 0 unspecified atom stereocenters. The van der Waals surface area contributed by atoms with Crippen LogP contribution in [-0.4, -0.2) is 33.8 Å². The number of aryl methyl sites for hydroxylation is 1. The third kappa shape index (κ3) is 4.53. The van der Waals surface area contributed by atoms with E-state index in [1.165, 1.54) is 38.8 Å². The highest BCUT2D eigenvalue weighted by atomic mass is 15.3. The molecule has 0 aliphatic heterocycles. The van der Waals surface area contributed by atoms with E-state index in [4.69, 9.17) is 5.73 Å². The van der Waals surface area contributed by atoms with E-state index in [9.17, 15) is 0 Å². The first-order valence-electron chi connectivity index (χ1n) is 7.68. The molecule has 4 nitrogen and oxygen atoms in total. The standard InChI is InChI=1S/C15H28N4/c1-13(2)12-18(14-6-3-4-7-14)9-5-10-19-11-8-15(16)17-19/h8,11,13-14H,3-7,9-10,12H2,1-2H3,(H2,16,17). The molecule has 0 aromatic carbocycles. The van der Waals surface area contributed by atoms with Crippen molar-refractivity contribution in [3.05, 3.63) is 12.3 Å². The van der Waals surface area contributed by atoms with Crippen LogP contribution < -0.4 is 5.73 Å². The number of aromatic nitrogens is 2. The molecule has 0 amide bonds. The number of hydrogen-bond donors (Lipinski definition) is 1. The molecule has 0 atom stereocenters. The van der Waals surface area contributed by atoms with Crippen LogP contribution in [-0.2, 0) is 6.54 Å². The zero-order chi connectivity index (χ0) is 13.7. The normalized spacial score (nSPS) is 16.8. The van der Waals surface area contributed by atoms with E-state index in [-0.39, 0.29) is 0 Å². The van der Waals surface area contributed by atoms with Gasteiger partial charge in [0.1, 0.15) is 5.82 Å². The summed E-state index contributed by atoms with van der Waals surface area (Å²) in [6, 6.07) is 2.69. The zero-order valence-electron chi connectivity index (χ0n) is 12.4. The molecule has 2 rings (SSSR count). The van der Waals surface area contributed by atoms with E-state index in [2.05, 4.69) is 23.8 Å². The summed E-state index contributed by atoms with van der Waals surface area (Å²) in [4.78, 5) is 2.70. The molecular formula is C15H28N4. The highest BCUT2D eigenvalue weighted by molar-refractivity contribution is 5.23. The van der Waals surface area contributed by atoms with Gasteiger partial charge in [0.2, 0.25) is 0 Å². The third-order valence-electron chi connectivity index (χ3n) is 3.93. The van der Waals surface area contributed by atoms with Gasteiger partial charge in [-0.3, -0.25) is 4.68 Å². The highest BCUT2D eigenvalue weighted by Crippen LogP contribution is 2.24. The summed E-state index contributed by atoms with van der Waals surface area (Å²) < 4.78 is 1.96. The molecule has 1 aliphatic rings. The van der Waals surface area contributed by atoms with Crippen LogP contribution in [0.2, 0.25) is 0 Å². The van der Waals surface area contributed by atoms with E-state index in [0.717, 1.165) is 24.9 Å². The van der Waals surface area contributed by atoms with Gasteiger partial charge in [-0.15, -0.1) is 0 Å². The Balaban J connectivity index is 1.78. The molecule has 108 valence electrons. The second-order valence-electron chi connectivity index (χ2n) is 6.18. The average Bonchev–Trinajstić information content (AvgIpc) is 2.98. The third-order valence-corrected chi connectivity index (χ3v) is 3.93. The Kier molecular flexibility index (Phi) is 5.25. The van der Waals surface area contributed by atoms with Crippen molar-refractivity contribution in [2.45, 2.75) is 58.5 Å². The topological polar surface area (TPSA) is 47.1 Å². The lowest BCUT2D eigenvalue weighted by Gasteiger charge is -2.30. The van der Waals surface area contributed by atoms with Crippen LogP contribution in [0, 0.1) is 5.92 Å². The van der Waals surface area contributed by atoms with Crippen LogP contribution in [0.15, 0.2) is 12.3 Å². The fraction of sp³-hybridized carbons (Fsp3) is 0.800. The maximum Gasteiger partial charge on any atom is 0.145 e. The predicted molar refractivity (Wildman–Crippen MR) is 79.9 cm³/mol. The van der Waals surface area contributed by atoms with Gasteiger partial charge in [0.05, 0.1) is 0 Å². The number of hydrogen-bond acceptors (Lipinski definition) is 3. The minimum Gasteiger partial charge on any atom is -0.382 e. The van der Waals surface area contributed by atoms with Gasteiger partial charge in [0, 0.05) is 31.9 Å². The van der Waals surface area contributed by atoms with Crippen molar-refractivity contribution in [2.75, 3.05) is 18.8 Å². The summed E-state index contributed by atoms with van der Waals surface area (Å²) in [5.41, 5.74) is 5.63. The van der Waals surface area contributed by atoms with Gasteiger partial charge in [-0.1, -0.05) is 26.7 Å². The first kappa shape index (κ1) is 14.4. The van der Waals surface area contributed by atoms with Crippen LogP contribution in [0.4, 0.5) is 5.82 Å². The van der Waals surface area contributed by atoms with Crippen LogP contribution in [0.25, 0.3) is 0 Å². The summed E-state index contributed by atoms with van der Waals surface area (Å²) in [6.45, 7) is 8.01. The van der Waals surface area contributed by atoms with E-state index in [1.54, 1.807) is 0 Å². The Morgan fingerprint density at radius 2 is 2.16 bits per heavy atom. The summed E-state index contributed by atoms with van der Waals surface area (Å²) in [5, 5.41) is 4.24. The molecule has 1 aromatic rings. The van der Waals surface area contributed by atoms with E-state index in [0.29, 0.717) is 5.82 Å². The summed E-state index contributed by atoms with van der Waals surface area (Å²) in [7, 11) is 0. The Morgan fingerprint density at radius 1 is 1.42 bits per heavy atom. The molecule has 4 heteroatoms. The van der Waals surface area contributed by atoms with Crippen molar-refractivity contribution in [1.82, 2.24) is 14.7 Å². The number of nitrogen functional groups attached to an aromatic ring is 1. The lowest BCUT2D eigenvalue weighted by atomic mass is 10.1. The minimum absolute atomic E-state index is 0.620. The average molecular weight is 264 g/mol. The molecule has 0 bridgehead atoms. The number of nitrogens with two attached hydrogens (primary N) is 1. The number of nitrogens with zero attached hydrogens (tertiary/aromatic N) is 3. The number of rotatable bonds is 7. The van der Waals surface area contributed by atoms with Gasteiger partial charge in [0.15, 0.2) is 0 Å². The van der Waals surface area contributed by atoms with Gasteiger partial charge in [-0.05, 0) is 31.2 Å². The van der Waals surface area contributed by atoms with Crippen molar-refractivity contribution in [3.8, 4) is 0 Å². The molecule has 1 fully saturated rings. The second kappa shape index (κ2) is 6.94. The molecule has 1 saturated carbocycles. The Morgan fingerprint density at radius 3 is 2.74 bits per heavy atom. The van der Waals surface area contributed by atoms with E-state index < -0.39 is 0 Å². The molecule has 1 heterocycles. The highest BCUT2D eigenvalue weighted by Gasteiger charge is 2.22. The van der Waals surface area contributed by atoms with Crippen LogP contribution in [0.5, 0.6) is 0 Å². The van der Waals surface area contributed by atoms with Crippen molar-refractivity contribution in [1.29, 1.82) is 0 Å². The molecule has 1 aliphatic carbocycles. The molecule has 0 spiro atoms. The fourth-order valence-electron chi connectivity index (χ4n) is 3.10. The molecule has 19 heavy (non-hydrogen) atoms. The zero-order valence-corrected chi connectivity index (χ0v) is 12.4. The predicted octanol–water partition coefficient (Wildman–Crippen LogP) is 2.76. The van der Waals surface area contributed by atoms with Crippen molar-refractivity contribution < 1.29 is 0 Å². The molecule has 1 aromatic heterocycles. The SMILES string of the molecule is CC(C)CN(CCCn1ccc(N)n1)C1CCCC1. The maximum absolute atomic E-state index is 5.63. The first-order valence-corrected chi connectivity index (χ1v) is 7.68. The lowest BCUT2D eigenvalue weighted by molar-refractivity contribution is 0.172. The van der Waals surface area contributed by atoms with Crippen molar-refractivity contribution in [2.24, 2.45) is 5.92 Å². The first-order chi connectivity index (χ1) is 9.15. The number of anilines is 1. The van der Waals surface area contributed by atoms with Crippen LogP contribution in [0.1, 0.15) is 46.0 Å². The monoisotopic (exact) mass is 264 g/mol. The molecular weight excluding hydrogens is 236 g/mol. The largest absolute Gasteiger partial charge is 0.382 e. The smallest absolute Gasteiger partial charge is 0.145 e. The summed E-state index contributed by atoms with van der Waals surface area (Å²) in [6.07, 6.45) is 8.73. The molecule has 2 N–H and O–H groups in total. The molecule has 0 radical (unpaired) electrons. The van der Waals surface area contributed by atoms with Crippen LogP contribution >= 0.6 is 0 Å². The summed E-state index contributed by atoms with van der Waals surface area (Å²) in [5.74, 6) is 1.37. The van der Waals surface area contributed by atoms with Gasteiger partial charge in [-0.25, -0.2) is 0 Å². The van der Waals surface area contributed by atoms with Gasteiger partial charge in [0.25, 0.3) is 0 Å². The lowest BCUT2D eigenvalue weighted by Crippen LogP contribution is -2.37. The Hall–Kier alpha value is -1.03.